The number of hydrogen-bond acceptors (Lipinski definition) is 2. The van der Waals surface area contributed by atoms with Crippen LogP contribution in [0, 0.1) is 0 Å². The van der Waals surface area contributed by atoms with Gasteiger partial charge < -0.3 is 9.47 Å². The molecule has 2 amide bonds. The van der Waals surface area contributed by atoms with Crippen LogP contribution in [0.15, 0.2) is 66.9 Å². The minimum Gasteiger partial charge on any atom is -0.332 e. The SMILES string of the molecule is CCCCN(CC(=O)N1c2ccccc2-n2cccc2C1c1ccc(Cl)cc1)C(=O)C(C)Cl. The number of halogens is 2. The molecule has 7 heteroatoms. The number of hydrogen-bond donors (Lipinski definition) is 0. The molecule has 1 aliphatic rings. The fourth-order valence-electron chi connectivity index (χ4n) is 4.33. The predicted molar refractivity (Wildman–Crippen MR) is 133 cm³/mol. The van der Waals surface area contributed by atoms with Gasteiger partial charge in [0.25, 0.3) is 0 Å². The number of nitrogens with zero attached hydrogens (tertiary/aromatic N) is 3. The summed E-state index contributed by atoms with van der Waals surface area (Å²) in [6.45, 7) is 4.16. The Morgan fingerprint density at radius 1 is 1.03 bits per heavy atom. The number of carbonyl (C=O) groups is 2. The van der Waals surface area contributed by atoms with Crippen molar-refractivity contribution in [2.24, 2.45) is 0 Å². The van der Waals surface area contributed by atoms with Crippen LogP contribution in [0.4, 0.5) is 5.69 Å². The molecule has 0 spiro atoms. The van der Waals surface area contributed by atoms with Gasteiger partial charge >= 0.3 is 0 Å². The number of para-hydroxylation sites is 2. The monoisotopic (exact) mass is 483 g/mol. The van der Waals surface area contributed by atoms with Crippen molar-refractivity contribution in [3.05, 3.63) is 83.1 Å². The van der Waals surface area contributed by atoms with Crippen molar-refractivity contribution in [1.82, 2.24) is 9.47 Å². The second kappa shape index (κ2) is 10.0. The molecule has 2 heterocycles. The van der Waals surface area contributed by atoms with E-state index >= 15 is 0 Å². The van der Waals surface area contributed by atoms with Gasteiger partial charge in [0.2, 0.25) is 11.8 Å². The lowest BCUT2D eigenvalue weighted by molar-refractivity contribution is -0.134. The first kappa shape index (κ1) is 23.4. The molecule has 33 heavy (non-hydrogen) atoms. The zero-order valence-electron chi connectivity index (χ0n) is 18.7. The van der Waals surface area contributed by atoms with Gasteiger partial charge in [-0.25, -0.2) is 0 Å². The molecule has 0 radical (unpaired) electrons. The highest BCUT2D eigenvalue weighted by molar-refractivity contribution is 6.30. The minimum atomic E-state index is -0.687. The van der Waals surface area contributed by atoms with E-state index < -0.39 is 5.38 Å². The summed E-state index contributed by atoms with van der Waals surface area (Å²) in [6.07, 6.45) is 3.73. The molecule has 1 aliphatic heterocycles. The first-order chi connectivity index (χ1) is 15.9. The number of rotatable bonds is 7. The molecule has 2 atom stereocenters. The summed E-state index contributed by atoms with van der Waals surface area (Å²) in [7, 11) is 0. The summed E-state index contributed by atoms with van der Waals surface area (Å²) < 4.78 is 2.11. The fourth-order valence-corrected chi connectivity index (χ4v) is 4.59. The predicted octanol–water partition coefficient (Wildman–Crippen LogP) is 5.82. The number of aromatic nitrogens is 1. The van der Waals surface area contributed by atoms with E-state index in [-0.39, 0.29) is 24.4 Å². The van der Waals surface area contributed by atoms with Gasteiger partial charge in [-0.05, 0) is 55.3 Å². The summed E-state index contributed by atoms with van der Waals surface area (Å²) in [5, 5.41) is -0.0525. The van der Waals surface area contributed by atoms with Crippen molar-refractivity contribution >= 4 is 40.7 Å². The molecule has 0 aliphatic carbocycles. The van der Waals surface area contributed by atoms with Crippen LogP contribution < -0.4 is 4.90 Å². The lowest BCUT2D eigenvalue weighted by Gasteiger charge is -2.39. The van der Waals surface area contributed by atoms with Crippen molar-refractivity contribution in [1.29, 1.82) is 0 Å². The molecule has 4 rings (SSSR count). The Kier molecular flexibility index (Phi) is 7.11. The van der Waals surface area contributed by atoms with Gasteiger partial charge in [0.05, 0.1) is 17.1 Å². The van der Waals surface area contributed by atoms with Crippen LogP contribution in [-0.2, 0) is 9.59 Å². The molecule has 0 N–H and O–H groups in total. The fraction of sp³-hybridized carbons (Fsp3) is 0.308. The highest BCUT2D eigenvalue weighted by Gasteiger charge is 2.37. The van der Waals surface area contributed by atoms with Crippen LogP contribution >= 0.6 is 23.2 Å². The van der Waals surface area contributed by atoms with E-state index in [2.05, 4.69) is 11.5 Å². The Morgan fingerprint density at radius 3 is 2.39 bits per heavy atom. The van der Waals surface area contributed by atoms with Gasteiger partial charge in [-0.1, -0.05) is 49.2 Å². The highest BCUT2D eigenvalue weighted by Crippen LogP contribution is 2.42. The van der Waals surface area contributed by atoms with Gasteiger partial charge in [-0.15, -0.1) is 11.6 Å². The maximum absolute atomic E-state index is 13.9. The van der Waals surface area contributed by atoms with Crippen molar-refractivity contribution < 1.29 is 9.59 Å². The number of fused-ring (bicyclic) bond motifs is 3. The lowest BCUT2D eigenvalue weighted by atomic mass is 9.97. The summed E-state index contributed by atoms with van der Waals surface area (Å²) >= 11 is 12.3. The second-order valence-electron chi connectivity index (χ2n) is 8.24. The summed E-state index contributed by atoms with van der Waals surface area (Å²) in [5.74, 6) is -0.383. The van der Waals surface area contributed by atoms with Crippen LogP contribution in [0.1, 0.15) is 44.0 Å². The third-order valence-corrected chi connectivity index (χ3v) is 6.37. The van der Waals surface area contributed by atoms with Gasteiger partial charge in [0, 0.05) is 17.8 Å². The third-order valence-electron chi connectivity index (χ3n) is 5.93. The third kappa shape index (κ3) is 4.66. The van der Waals surface area contributed by atoms with E-state index in [0.717, 1.165) is 35.5 Å². The Labute approximate surface area is 204 Å². The zero-order valence-corrected chi connectivity index (χ0v) is 20.3. The normalized spacial score (nSPS) is 15.5. The number of unbranched alkanes of at least 4 members (excludes halogenated alkanes) is 1. The van der Waals surface area contributed by atoms with Gasteiger partial charge in [-0.3, -0.25) is 14.5 Å². The average Bonchev–Trinajstić information content (AvgIpc) is 3.31. The Balaban J connectivity index is 1.78. The number of benzene rings is 2. The van der Waals surface area contributed by atoms with E-state index in [4.69, 9.17) is 23.2 Å². The van der Waals surface area contributed by atoms with Crippen LogP contribution in [0.5, 0.6) is 0 Å². The number of alkyl halides is 1. The Morgan fingerprint density at radius 2 is 1.73 bits per heavy atom. The van der Waals surface area contributed by atoms with E-state index in [1.807, 2.05) is 66.9 Å². The van der Waals surface area contributed by atoms with Gasteiger partial charge in [0.1, 0.15) is 18.0 Å². The van der Waals surface area contributed by atoms with Crippen molar-refractivity contribution in [2.75, 3.05) is 18.0 Å². The number of amides is 2. The first-order valence-electron chi connectivity index (χ1n) is 11.2. The molecule has 0 fully saturated rings. The van der Waals surface area contributed by atoms with Crippen LogP contribution in [0.2, 0.25) is 5.02 Å². The smallest absolute Gasteiger partial charge is 0.247 e. The molecular formula is C26H27Cl2N3O2. The highest BCUT2D eigenvalue weighted by atomic mass is 35.5. The summed E-state index contributed by atoms with van der Waals surface area (Å²) in [4.78, 5) is 30.0. The minimum absolute atomic E-state index is 0.0327. The van der Waals surface area contributed by atoms with Gasteiger partial charge in [0.15, 0.2) is 0 Å². The average molecular weight is 484 g/mol. The van der Waals surface area contributed by atoms with Crippen molar-refractivity contribution in [3.8, 4) is 5.69 Å². The molecule has 0 bridgehead atoms. The second-order valence-corrected chi connectivity index (χ2v) is 9.33. The van der Waals surface area contributed by atoms with Gasteiger partial charge in [-0.2, -0.15) is 0 Å². The molecule has 1 aromatic heterocycles. The van der Waals surface area contributed by atoms with E-state index in [1.54, 1.807) is 16.7 Å². The standard InChI is InChI=1S/C26H27Cl2N3O2/c1-3-4-15-29(26(33)18(2)27)17-24(32)31-22-9-6-5-8-21(22)30-16-7-10-23(30)25(31)19-11-13-20(28)14-12-19/h5-14,16,18,25H,3-4,15,17H2,1-2H3. The molecule has 172 valence electrons. The first-order valence-corrected chi connectivity index (χ1v) is 12.0. The maximum atomic E-state index is 13.9. The number of anilines is 1. The van der Waals surface area contributed by atoms with Crippen molar-refractivity contribution in [2.45, 2.75) is 38.1 Å². The lowest BCUT2D eigenvalue weighted by Crippen LogP contribution is -2.48. The summed E-state index contributed by atoms with van der Waals surface area (Å²) in [6, 6.07) is 19.0. The quantitative estimate of drug-likeness (QED) is 0.397. The van der Waals surface area contributed by atoms with Crippen LogP contribution in [0.25, 0.3) is 5.69 Å². The maximum Gasteiger partial charge on any atom is 0.247 e. The van der Waals surface area contributed by atoms with Crippen LogP contribution in [0.3, 0.4) is 0 Å². The summed E-state index contributed by atoms with van der Waals surface area (Å²) in [5.41, 5.74) is 3.64. The zero-order chi connectivity index (χ0) is 23.5. The molecule has 0 saturated carbocycles. The Hall–Kier alpha value is -2.76. The van der Waals surface area contributed by atoms with E-state index in [0.29, 0.717) is 11.6 Å². The molecule has 2 unspecified atom stereocenters. The molecule has 0 saturated heterocycles. The molecular weight excluding hydrogens is 457 g/mol. The van der Waals surface area contributed by atoms with Crippen LogP contribution in [-0.4, -0.2) is 39.7 Å². The van der Waals surface area contributed by atoms with Crippen molar-refractivity contribution in [3.63, 3.8) is 0 Å². The Bertz CT molecular complexity index is 1140. The topological polar surface area (TPSA) is 45.6 Å². The van der Waals surface area contributed by atoms with E-state index in [9.17, 15) is 9.59 Å². The number of carbonyl (C=O) groups excluding carboxylic acids is 2. The molecule has 3 aromatic rings. The largest absolute Gasteiger partial charge is 0.332 e. The van der Waals surface area contributed by atoms with E-state index in [1.165, 1.54) is 0 Å². The molecule has 5 nitrogen and oxygen atoms in total. The molecule has 2 aromatic carbocycles.